The van der Waals surface area contributed by atoms with Crippen LogP contribution in [0.1, 0.15) is 78.1 Å². The normalized spacial score (nSPS) is 17.6. The number of nitrogens with two attached hydrogens (primary N) is 2. The Morgan fingerprint density at radius 1 is 0.854 bits per heavy atom. The van der Waals surface area contributed by atoms with Crippen molar-refractivity contribution in [2.24, 2.45) is 17.4 Å². The van der Waals surface area contributed by atoms with Crippen LogP contribution in [-0.4, -0.2) is 90.8 Å². The Kier molecular flexibility index (Phi) is 17.4. The SMILES string of the molecule is CC(C)[C@H](NC(=O)[C@@H]1CCCN1)C(=O)N[C@@H](CCCCN)C(=O)N[C@@H](CCCCN)C(=O)N[C@H](C=O)CCC(=O)O. The molecule has 234 valence electrons. The van der Waals surface area contributed by atoms with Gasteiger partial charge in [0.05, 0.1) is 12.1 Å². The Balaban J connectivity index is 3.01. The summed E-state index contributed by atoms with van der Waals surface area (Å²) in [6.07, 6.45) is 4.33. The fraction of sp³-hybridized carbons (Fsp3) is 0.778. The molecule has 41 heavy (non-hydrogen) atoms. The zero-order valence-corrected chi connectivity index (χ0v) is 24.3. The molecule has 0 spiro atoms. The molecule has 1 fully saturated rings. The van der Waals surface area contributed by atoms with Crippen molar-refractivity contribution in [3.63, 3.8) is 0 Å². The lowest BCUT2D eigenvalue weighted by atomic mass is 10.0. The van der Waals surface area contributed by atoms with Crippen molar-refractivity contribution in [3.05, 3.63) is 0 Å². The van der Waals surface area contributed by atoms with Crippen LogP contribution in [0.5, 0.6) is 0 Å². The van der Waals surface area contributed by atoms with Crippen molar-refractivity contribution >= 4 is 35.9 Å². The number of carbonyl (C=O) groups is 6. The zero-order chi connectivity index (χ0) is 30.8. The van der Waals surface area contributed by atoms with Gasteiger partial charge in [-0.3, -0.25) is 24.0 Å². The maximum atomic E-state index is 13.4. The minimum atomic E-state index is -1.11. The highest BCUT2D eigenvalue weighted by Gasteiger charge is 2.33. The highest BCUT2D eigenvalue weighted by molar-refractivity contribution is 5.95. The molecule has 14 nitrogen and oxygen atoms in total. The fourth-order valence-corrected chi connectivity index (χ4v) is 4.49. The second-order valence-electron chi connectivity index (χ2n) is 10.8. The molecule has 0 aromatic heterocycles. The number of carboxylic acid groups (broad SMARTS) is 1. The van der Waals surface area contributed by atoms with Gasteiger partial charge in [0.2, 0.25) is 23.6 Å². The third-order valence-electron chi connectivity index (χ3n) is 6.94. The van der Waals surface area contributed by atoms with Crippen molar-refractivity contribution in [2.45, 2.75) is 108 Å². The summed E-state index contributed by atoms with van der Waals surface area (Å²) in [6.45, 7) is 5.10. The van der Waals surface area contributed by atoms with Gasteiger partial charge in [-0.15, -0.1) is 0 Å². The second-order valence-corrected chi connectivity index (χ2v) is 10.8. The molecule has 0 unspecified atom stereocenters. The van der Waals surface area contributed by atoms with Crippen LogP contribution in [0.3, 0.4) is 0 Å². The molecule has 1 saturated heterocycles. The van der Waals surface area contributed by atoms with E-state index < -0.39 is 47.9 Å². The topological polar surface area (TPSA) is 235 Å². The average Bonchev–Trinajstić information content (AvgIpc) is 3.47. The van der Waals surface area contributed by atoms with Gasteiger partial charge in [-0.05, 0) is 83.3 Å². The second kappa shape index (κ2) is 19.9. The summed E-state index contributed by atoms with van der Waals surface area (Å²) in [4.78, 5) is 74.7. The first-order valence-electron chi connectivity index (χ1n) is 14.6. The maximum absolute atomic E-state index is 13.4. The molecule has 0 aromatic carbocycles. The molecule has 1 aliphatic heterocycles. The number of hydrogen-bond acceptors (Lipinski definition) is 9. The molecule has 0 radical (unpaired) electrons. The molecule has 0 aliphatic carbocycles. The number of carboxylic acids is 1. The first kappa shape index (κ1) is 35.9. The van der Waals surface area contributed by atoms with Crippen LogP contribution in [0.2, 0.25) is 0 Å². The van der Waals surface area contributed by atoms with Crippen LogP contribution in [0.15, 0.2) is 0 Å². The minimum Gasteiger partial charge on any atom is -0.481 e. The quantitative estimate of drug-likeness (QED) is 0.0584. The molecule has 1 heterocycles. The van der Waals surface area contributed by atoms with Crippen LogP contribution in [0.25, 0.3) is 0 Å². The van der Waals surface area contributed by atoms with E-state index in [2.05, 4.69) is 26.6 Å². The molecule has 4 amide bonds. The van der Waals surface area contributed by atoms with Gasteiger partial charge in [-0.2, -0.15) is 0 Å². The molecule has 10 N–H and O–H groups in total. The van der Waals surface area contributed by atoms with Crippen LogP contribution in [0.4, 0.5) is 0 Å². The first-order valence-corrected chi connectivity index (χ1v) is 14.6. The van der Waals surface area contributed by atoms with E-state index >= 15 is 0 Å². The molecule has 0 saturated carbocycles. The Bertz CT molecular complexity index is 865. The lowest BCUT2D eigenvalue weighted by Crippen LogP contribution is -2.59. The van der Waals surface area contributed by atoms with Gasteiger partial charge < -0.3 is 48.0 Å². The Labute approximate surface area is 241 Å². The summed E-state index contributed by atoms with van der Waals surface area (Å²) in [7, 11) is 0. The number of aliphatic carboxylic acids is 1. The molecule has 0 bridgehead atoms. The Morgan fingerprint density at radius 2 is 1.41 bits per heavy atom. The van der Waals surface area contributed by atoms with E-state index in [1.54, 1.807) is 13.8 Å². The smallest absolute Gasteiger partial charge is 0.303 e. The van der Waals surface area contributed by atoms with Gasteiger partial charge in [-0.1, -0.05) is 13.8 Å². The predicted octanol–water partition coefficient (Wildman–Crippen LogP) is -1.34. The summed E-state index contributed by atoms with van der Waals surface area (Å²) in [5, 5.41) is 22.7. The third-order valence-corrected chi connectivity index (χ3v) is 6.94. The molecule has 5 atom stereocenters. The van der Waals surface area contributed by atoms with Gasteiger partial charge in [-0.25, -0.2) is 0 Å². The molecule has 1 rings (SSSR count). The van der Waals surface area contributed by atoms with E-state index in [1.165, 1.54) is 0 Å². The van der Waals surface area contributed by atoms with Crippen molar-refractivity contribution in [3.8, 4) is 0 Å². The average molecular weight is 584 g/mol. The predicted molar refractivity (Wildman–Crippen MR) is 152 cm³/mol. The van der Waals surface area contributed by atoms with E-state index in [0.29, 0.717) is 51.5 Å². The number of amides is 4. The number of carbonyl (C=O) groups excluding carboxylic acids is 5. The van der Waals surface area contributed by atoms with Crippen LogP contribution >= 0.6 is 0 Å². The van der Waals surface area contributed by atoms with Gasteiger partial charge in [0, 0.05) is 6.42 Å². The molecule has 1 aliphatic rings. The summed E-state index contributed by atoms with van der Waals surface area (Å²) in [5.41, 5.74) is 11.2. The number of aldehydes is 1. The van der Waals surface area contributed by atoms with Crippen molar-refractivity contribution in [1.29, 1.82) is 0 Å². The van der Waals surface area contributed by atoms with E-state index in [4.69, 9.17) is 16.6 Å². The van der Waals surface area contributed by atoms with E-state index in [0.717, 1.165) is 13.0 Å². The van der Waals surface area contributed by atoms with E-state index in [-0.39, 0.29) is 43.6 Å². The van der Waals surface area contributed by atoms with Gasteiger partial charge in [0.1, 0.15) is 24.4 Å². The van der Waals surface area contributed by atoms with E-state index in [9.17, 15) is 28.8 Å². The van der Waals surface area contributed by atoms with Crippen LogP contribution < -0.4 is 38.1 Å². The van der Waals surface area contributed by atoms with Crippen molar-refractivity contribution < 1.29 is 33.9 Å². The lowest BCUT2D eigenvalue weighted by Gasteiger charge is -2.28. The number of rotatable bonds is 21. The molecule has 14 heteroatoms. The summed E-state index contributed by atoms with van der Waals surface area (Å²) < 4.78 is 0. The summed E-state index contributed by atoms with van der Waals surface area (Å²) in [6, 6.07) is -4.32. The van der Waals surface area contributed by atoms with Gasteiger partial charge in [0.15, 0.2) is 0 Å². The maximum Gasteiger partial charge on any atom is 0.303 e. The number of hydrogen-bond donors (Lipinski definition) is 8. The third kappa shape index (κ3) is 13.9. The fourth-order valence-electron chi connectivity index (χ4n) is 4.49. The van der Waals surface area contributed by atoms with Gasteiger partial charge >= 0.3 is 5.97 Å². The molecular formula is C27H49N7O7. The lowest BCUT2D eigenvalue weighted by molar-refractivity contribution is -0.137. The summed E-state index contributed by atoms with van der Waals surface area (Å²) >= 11 is 0. The van der Waals surface area contributed by atoms with Crippen molar-refractivity contribution in [1.82, 2.24) is 26.6 Å². The van der Waals surface area contributed by atoms with Crippen LogP contribution in [0, 0.1) is 5.92 Å². The zero-order valence-electron chi connectivity index (χ0n) is 24.3. The molecule has 0 aromatic rings. The highest BCUT2D eigenvalue weighted by atomic mass is 16.4. The van der Waals surface area contributed by atoms with E-state index in [1.807, 2.05) is 0 Å². The van der Waals surface area contributed by atoms with Crippen molar-refractivity contribution in [2.75, 3.05) is 19.6 Å². The Morgan fingerprint density at radius 3 is 1.88 bits per heavy atom. The Hall–Kier alpha value is -3.10. The minimum absolute atomic E-state index is 0.0928. The monoisotopic (exact) mass is 583 g/mol. The molecular weight excluding hydrogens is 534 g/mol. The largest absolute Gasteiger partial charge is 0.481 e. The van der Waals surface area contributed by atoms with Gasteiger partial charge in [0.25, 0.3) is 0 Å². The summed E-state index contributed by atoms with van der Waals surface area (Å²) in [5.74, 6) is -3.38. The number of nitrogens with one attached hydrogen (secondary N) is 5. The highest BCUT2D eigenvalue weighted by Crippen LogP contribution is 2.10. The first-order chi connectivity index (χ1) is 19.5. The number of unbranched alkanes of at least 4 members (excludes halogenated alkanes) is 2. The van der Waals surface area contributed by atoms with Crippen LogP contribution in [-0.2, 0) is 28.8 Å². The standard InChI is InChI=1S/C27H49N7O7/c1-17(2)23(34-24(38)19-10-7-15-30-19)27(41)33-21(9-4-6-14-29)26(40)32-20(8-3-5-13-28)25(39)31-18(16-35)11-12-22(36)37/h16-21,23,30H,3-15,28-29H2,1-2H3,(H,31,39)(H,32,40)(H,33,41)(H,34,38)(H,36,37)/t18-,19-,20-,21-,23-/m0/s1.